The zero-order valence-electron chi connectivity index (χ0n) is 14.0. The smallest absolute Gasteiger partial charge is 0.191 e. The summed E-state index contributed by atoms with van der Waals surface area (Å²) in [6.07, 6.45) is 3.09. The number of hydrogen-bond donors (Lipinski definition) is 2. The maximum atomic E-state index is 13.5. The molecule has 0 radical (unpaired) electrons. The maximum absolute atomic E-state index is 13.5. The van der Waals surface area contributed by atoms with E-state index >= 15 is 0 Å². The monoisotopic (exact) mass is 308 g/mol. The molecule has 5 heteroatoms. The van der Waals surface area contributed by atoms with Crippen molar-refractivity contribution in [2.75, 3.05) is 40.3 Å². The number of unbranched alkanes of at least 4 members (excludes halogenated alkanes) is 1. The van der Waals surface area contributed by atoms with Crippen molar-refractivity contribution < 1.29 is 4.39 Å². The van der Waals surface area contributed by atoms with Crippen LogP contribution in [0.4, 0.5) is 4.39 Å². The quantitative estimate of drug-likeness (QED) is 0.543. The van der Waals surface area contributed by atoms with Crippen LogP contribution in [-0.2, 0) is 6.42 Å². The average molecular weight is 308 g/mol. The standard InChI is InChI=1S/C17H29FN4/c1-4-5-13-22(3)14-12-21-17(19-2)20-11-10-15-8-6-7-9-16(15)18/h6-9H,4-5,10-14H2,1-3H3,(H2,19,20,21). The molecule has 1 aromatic rings. The molecule has 0 aliphatic heterocycles. The number of hydrogen-bond acceptors (Lipinski definition) is 2. The van der Waals surface area contributed by atoms with Gasteiger partial charge in [0.05, 0.1) is 0 Å². The Morgan fingerprint density at radius 3 is 2.59 bits per heavy atom. The highest BCUT2D eigenvalue weighted by Gasteiger charge is 2.02. The van der Waals surface area contributed by atoms with Crippen molar-refractivity contribution in [2.24, 2.45) is 4.99 Å². The van der Waals surface area contributed by atoms with Gasteiger partial charge in [-0.2, -0.15) is 0 Å². The normalized spacial score (nSPS) is 11.8. The summed E-state index contributed by atoms with van der Waals surface area (Å²) >= 11 is 0. The van der Waals surface area contributed by atoms with Crippen molar-refractivity contribution in [1.29, 1.82) is 0 Å². The molecule has 0 amide bonds. The fourth-order valence-electron chi connectivity index (χ4n) is 2.14. The minimum Gasteiger partial charge on any atom is -0.356 e. The minimum absolute atomic E-state index is 0.148. The van der Waals surface area contributed by atoms with Crippen LogP contribution in [0.15, 0.2) is 29.3 Å². The van der Waals surface area contributed by atoms with E-state index in [0.717, 1.165) is 31.2 Å². The number of likely N-dealkylation sites (N-methyl/N-ethyl adjacent to an activating group) is 1. The largest absolute Gasteiger partial charge is 0.356 e. The second-order valence-corrected chi connectivity index (χ2v) is 5.42. The number of benzene rings is 1. The summed E-state index contributed by atoms with van der Waals surface area (Å²) in [5.74, 6) is 0.616. The minimum atomic E-state index is -0.148. The molecule has 124 valence electrons. The summed E-state index contributed by atoms with van der Waals surface area (Å²) in [6, 6.07) is 6.88. The third-order valence-electron chi connectivity index (χ3n) is 3.55. The van der Waals surface area contributed by atoms with Crippen molar-refractivity contribution >= 4 is 5.96 Å². The van der Waals surface area contributed by atoms with Gasteiger partial charge in [0, 0.05) is 26.7 Å². The highest BCUT2D eigenvalue weighted by Crippen LogP contribution is 2.05. The van der Waals surface area contributed by atoms with Crippen LogP contribution in [-0.4, -0.2) is 51.1 Å². The van der Waals surface area contributed by atoms with Gasteiger partial charge in [-0.1, -0.05) is 31.5 Å². The fraction of sp³-hybridized carbons (Fsp3) is 0.588. The van der Waals surface area contributed by atoms with E-state index in [1.807, 2.05) is 12.1 Å². The molecule has 1 aromatic carbocycles. The molecule has 0 aliphatic carbocycles. The van der Waals surface area contributed by atoms with Crippen LogP contribution in [0.25, 0.3) is 0 Å². The van der Waals surface area contributed by atoms with Crippen molar-refractivity contribution in [3.8, 4) is 0 Å². The summed E-state index contributed by atoms with van der Waals surface area (Å²) in [5, 5.41) is 6.50. The summed E-state index contributed by atoms with van der Waals surface area (Å²) < 4.78 is 13.5. The molecule has 22 heavy (non-hydrogen) atoms. The summed E-state index contributed by atoms with van der Waals surface area (Å²) in [5.41, 5.74) is 0.727. The lowest BCUT2D eigenvalue weighted by Crippen LogP contribution is -2.41. The van der Waals surface area contributed by atoms with Gasteiger partial charge >= 0.3 is 0 Å². The van der Waals surface area contributed by atoms with E-state index in [9.17, 15) is 4.39 Å². The lowest BCUT2D eigenvalue weighted by Gasteiger charge is -2.18. The molecule has 4 nitrogen and oxygen atoms in total. The maximum Gasteiger partial charge on any atom is 0.191 e. The molecule has 0 atom stereocenters. The van der Waals surface area contributed by atoms with Crippen LogP contribution in [0.3, 0.4) is 0 Å². The number of nitrogens with zero attached hydrogens (tertiary/aromatic N) is 2. The number of nitrogens with one attached hydrogen (secondary N) is 2. The van der Waals surface area contributed by atoms with Crippen LogP contribution in [0, 0.1) is 5.82 Å². The predicted molar refractivity (Wildman–Crippen MR) is 91.9 cm³/mol. The van der Waals surface area contributed by atoms with E-state index in [1.165, 1.54) is 18.9 Å². The van der Waals surface area contributed by atoms with Crippen molar-refractivity contribution in [2.45, 2.75) is 26.2 Å². The number of aliphatic imine (C=N–C) groups is 1. The molecule has 0 aromatic heterocycles. The fourth-order valence-corrected chi connectivity index (χ4v) is 2.14. The van der Waals surface area contributed by atoms with E-state index in [2.05, 4.69) is 34.5 Å². The molecule has 0 fully saturated rings. The zero-order valence-corrected chi connectivity index (χ0v) is 14.0. The summed E-state index contributed by atoms with van der Waals surface area (Å²) in [6.45, 7) is 5.81. The van der Waals surface area contributed by atoms with Gasteiger partial charge in [0.2, 0.25) is 0 Å². The average Bonchev–Trinajstić information content (AvgIpc) is 2.53. The Hall–Kier alpha value is -1.62. The van der Waals surface area contributed by atoms with Gasteiger partial charge in [0.1, 0.15) is 5.82 Å². The van der Waals surface area contributed by atoms with Gasteiger partial charge in [0.25, 0.3) is 0 Å². The predicted octanol–water partition coefficient (Wildman–Crippen LogP) is 2.27. The van der Waals surface area contributed by atoms with Crippen LogP contribution >= 0.6 is 0 Å². The first-order valence-corrected chi connectivity index (χ1v) is 8.03. The Kier molecular flexibility index (Phi) is 9.23. The molecule has 0 heterocycles. The number of halogens is 1. The lowest BCUT2D eigenvalue weighted by atomic mass is 10.1. The Balaban J connectivity index is 2.21. The number of rotatable bonds is 9. The zero-order chi connectivity index (χ0) is 16.2. The molecule has 2 N–H and O–H groups in total. The van der Waals surface area contributed by atoms with Gasteiger partial charge in [-0.05, 0) is 38.1 Å². The van der Waals surface area contributed by atoms with Crippen LogP contribution in [0.5, 0.6) is 0 Å². The van der Waals surface area contributed by atoms with Crippen molar-refractivity contribution in [1.82, 2.24) is 15.5 Å². The molecule has 0 bridgehead atoms. The Morgan fingerprint density at radius 2 is 1.91 bits per heavy atom. The molecular weight excluding hydrogens is 279 g/mol. The lowest BCUT2D eigenvalue weighted by molar-refractivity contribution is 0.332. The Morgan fingerprint density at radius 1 is 1.18 bits per heavy atom. The van der Waals surface area contributed by atoms with E-state index in [0.29, 0.717) is 13.0 Å². The van der Waals surface area contributed by atoms with E-state index in [1.54, 1.807) is 13.1 Å². The molecule has 1 rings (SSSR count). The molecule has 0 saturated carbocycles. The summed E-state index contributed by atoms with van der Waals surface area (Å²) in [4.78, 5) is 6.49. The second kappa shape index (κ2) is 11.0. The van der Waals surface area contributed by atoms with Gasteiger partial charge in [-0.15, -0.1) is 0 Å². The van der Waals surface area contributed by atoms with E-state index in [-0.39, 0.29) is 5.82 Å². The van der Waals surface area contributed by atoms with Crippen molar-refractivity contribution in [3.05, 3.63) is 35.6 Å². The first-order chi connectivity index (χ1) is 10.7. The number of guanidine groups is 1. The summed E-state index contributed by atoms with van der Waals surface area (Å²) in [7, 11) is 3.88. The third kappa shape index (κ3) is 7.41. The first-order valence-electron chi connectivity index (χ1n) is 8.03. The van der Waals surface area contributed by atoms with Gasteiger partial charge in [-0.25, -0.2) is 4.39 Å². The Labute approximate surface area is 133 Å². The highest BCUT2D eigenvalue weighted by atomic mass is 19.1. The topological polar surface area (TPSA) is 39.7 Å². The Bertz CT molecular complexity index is 448. The highest BCUT2D eigenvalue weighted by molar-refractivity contribution is 5.79. The molecular formula is C17H29FN4. The van der Waals surface area contributed by atoms with Gasteiger partial charge in [-0.3, -0.25) is 4.99 Å². The second-order valence-electron chi connectivity index (χ2n) is 5.42. The first kappa shape index (κ1) is 18.4. The van der Waals surface area contributed by atoms with Crippen molar-refractivity contribution in [3.63, 3.8) is 0 Å². The van der Waals surface area contributed by atoms with Crippen LogP contribution < -0.4 is 10.6 Å². The van der Waals surface area contributed by atoms with Gasteiger partial charge < -0.3 is 15.5 Å². The third-order valence-corrected chi connectivity index (χ3v) is 3.55. The van der Waals surface area contributed by atoms with Gasteiger partial charge in [0.15, 0.2) is 5.96 Å². The molecule has 0 saturated heterocycles. The van der Waals surface area contributed by atoms with E-state index < -0.39 is 0 Å². The van der Waals surface area contributed by atoms with Crippen LogP contribution in [0.1, 0.15) is 25.3 Å². The SMILES string of the molecule is CCCCN(C)CCNC(=NC)NCCc1ccccc1F. The van der Waals surface area contributed by atoms with Crippen LogP contribution in [0.2, 0.25) is 0 Å². The molecule has 0 spiro atoms. The van der Waals surface area contributed by atoms with E-state index in [4.69, 9.17) is 0 Å². The molecule has 0 aliphatic rings. The molecule has 0 unspecified atom stereocenters.